The Morgan fingerprint density at radius 2 is 1.87 bits per heavy atom. The van der Waals surface area contributed by atoms with Crippen LogP contribution in [-0.4, -0.2) is 49.7 Å². The van der Waals surface area contributed by atoms with Crippen molar-refractivity contribution in [2.24, 2.45) is 0 Å². The van der Waals surface area contributed by atoms with Gasteiger partial charge < -0.3 is 24.8 Å². The Morgan fingerprint density at radius 3 is 2.61 bits per heavy atom. The minimum Gasteiger partial charge on any atom is -0.493 e. The third kappa shape index (κ3) is 4.96. The van der Waals surface area contributed by atoms with Gasteiger partial charge in [-0.05, 0) is 17.7 Å². The first-order chi connectivity index (χ1) is 11.3. The molecule has 0 aliphatic heterocycles. The first-order valence-electron chi connectivity index (χ1n) is 7.14. The van der Waals surface area contributed by atoms with E-state index in [0.717, 1.165) is 5.56 Å². The van der Waals surface area contributed by atoms with E-state index in [4.69, 9.17) is 14.2 Å². The average molecular weight is 319 g/mol. The van der Waals surface area contributed by atoms with Gasteiger partial charge >= 0.3 is 0 Å². The fourth-order valence-electron chi connectivity index (χ4n) is 1.91. The molecule has 0 aliphatic rings. The lowest BCUT2D eigenvalue weighted by atomic mass is 10.2. The molecule has 8 heteroatoms. The monoisotopic (exact) mass is 319 g/mol. The zero-order valence-corrected chi connectivity index (χ0v) is 13.5. The number of anilines is 2. The number of aromatic nitrogens is 3. The van der Waals surface area contributed by atoms with Gasteiger partial charge in [0.2, 0.25) is 5.95 Å². The number of benzene rings is 1. The van der Waals surface area contributed by atoms with Crippen LogP contribution in [0.4, 0.5) is 11.8 Å². The van der Waals surface area contributed by atoms with Crippen molar-refractivity contribution in [3.63, 3.8) is 0 Å². The normalized spacial score (nSPS) is 10.2. The van der Waals surface area contributed by atoms with Gasteiger partial charge in [-0.15, -0.1) is 5.10 Å². The summed E-state index contributed by atoms with van der Waals surface area (Å²) in [6.45, 7) is 1.78. The van der Waals surface area contributed by atoms with Gasteiger partial charge in [-0.25, -0.2) is 0 Å². The van der Waals surface area contributed by atoms with Crippen molar-refractivity contribution in [3.8, 4) is 11.5 Å². The Bertz CT molecular complexity index is 624. The van der Waals surface area contributed by atoms with E-state index < -0.39 is 0 Å². The average Bonchev–Trinajstić information content (AvgIpc) is 2.60. The molecule has 0 amide bonds. The fraction of sp³-hybridized carbons (Fsp3) is 0.400. The quantitative estimate of drug-likeness (QED) is 0.673. The first kappa shape index (κ1) is 16.8. The molecule has 2 aromatic rings. The van der Waals surface area contributed by atoms with Gasteiger partial charge in [0, 0.05) is 20.2 Å². The molecule has 0 spiro atoms. The van der Waals surface area contributed by atoms with E-state index in [-0.39, 0.29) is 0 Å². The molecule has 2 N–H and O–H groups in total. The minimum atomic E-state index is 0.458. The molecular weight excluding hydrogens is 298 g/mol. The molecule has 1 heterocycles. The Morgan fingerprint density at radius 1 is 1.04 bits per heavy atom. The zero-order chi connectivity index (χ0) is 16.5. The predicted molar refractivity (Wildman–Crippen MR) is 87.1 cm³/mol. The van der Waals surface area contributed by atoms with Crippen LogP contribution in [0.25, 0.3) is 0 Å². The molecule has 0 aliphatic carbocycles. The number of nitrogens with zero attached hydrogens (tertiary/aromatic N) is 3. The van der Waals surface area contributed by atoms with Crippen LogP contribution in [0.2, 0.25) is 0 Å². The molecule has 8 nitrogen and oxygen atoms in total. The summed E-state index contributed by atoms with van der Waals surface area (Å²) >= 11 is 0. The molecular formula is C15H21N5O3. The van der Waals surface area contributed by atoms with Gasteiger partial charge in [-0.3, -0.25) is 0 Å². The Balaban J connectivity index is 1.96. The SMILES string of the molecule is COCCNc1nncc(NCc2ccc(OC)c(OC)c2)n1. The van der Waals surface area contributed by atoms with Crippen molar-refractivity contribution in [1.82, 2.24) is 15.2 Å². The molecule has 0 saturated carbocycles. The zero-order valence-electron chi connectivity index (χ0n) is 13.5. The molecule has 0 unspecified atom stereocenters. The lowest BCUT2D eigenvalue weighted by Gasteiger charge is -2.11. The molecule has 0 fully saturated rings. The molecule has 1 aromatic carbocycles. The highest BCUT2D eigenvalue weighted by Crippen LogP contribution is 2.27. The molecule has 0 bridgehead atoms. The minimum absolute atomic E-state index is 0.458. The third-order valence-corrected chi connectivity index (χ3v) is 3.07. The van der Waals surface area contributed by atoms with E-state index >= 15 is 0 Å². The second-order valence-electron chi connectivity index (χ2n) is 4.63. The van der Waals surface area contributed by atoms with E-state index in [2.05, 4.69) is 25.8 Å². The summed E-state index contributed by atoms with van der Waals surface area (Å²) in [4.78, 5) is 4.33. The summed E-state index contributed by atoms with van der Waals surface area (Å²) in [5.74, 6) is 2.48. The molecule has 23 heavy (non-hydrogen) atoms. The number of hydrogen-bond acceptors (Lipinski definition) is 8. The third-order valence-electron chi connectivity index (χ3n) is 3.07. The Hall–Kier alpha value is -2.61. The standard InChI is InChI=1S/C15H21N5O3/c1-21-7-6-16-15-19-14(10-18-20-15)17-9-11-4-5-12(22-2)13(8-11)23-3/h4-5,8,10H,6-7,9H2,1-3H3,(H2,16,17,19,20). The van der Waals surface area contributed by atoms with E-state index in [1.807, 2.05) is 18.2 Å². The summed E-state index contributed by atoms with van der Waals surface area (Å²) in [5, 5.41) is 14.1. The van der Waals surface area contributed by atoms with E-state index in [9.17, 15) is 0 Å². The lowest BCUT2D eigenvalue weighted by molar-refractivity contribution is 0.210. The van der Waals surface area contributed by atoms with Crippen molar-refractivity contribution < 1.29 is 14.2 Å². The van der Waals surface area contributed by atoms with E-state index in [0.29, 0.717) is 43.0 Å². The van der Waals surface area contributed by atoms with Gasteiger partial charge in [-0.2, -0.15) is 10.1 Å². The Labute approximate surface area is 135 Å². The highest BCUT2D eigenvalue weighted by atomic mass is 16.5. The maximum absolute atomic E-state index is 5.29. The summed E-state index contributed by atoms with van der Waals surface area (Å²) < 4.78 is 15.5. The maximum Gasteiger partial charge on any atom is 0.244 e. The van der Waals surface area contributed by atoms with Crippen LogP contribution in [0.1, 0.15) is 5.56 Å². The van der Waals surface area contributed by atoms with Crippen LogP contribution in [0, 0.1) is 0 Å². The second-order valence-corrected chi connectivity index (χ2v) is 4.63. The molecule has 0 radical (unpaired) electrons. The summed E-state index contributed by atoms with van der Waals surface area (Å²) in [5.41, 5.74) is 1.04. The lowest BCUT2D eigenvalue weighted by Crippen LogP contribution is -2.12. The number of hydrogen-bond donors (Lipinski definition) is 2. The van der Waals surface area contributed by atoms with E-state index in [1.165, 1.54) is 0 Å². The van der Waals surface area contributed by atoms with Crippen LogP contribution in [0.15, 0.2) is 24.4 Å². The predicted octanol–water partition coefficient (Wildman–Crippen LogP) is 1.56. The Kier molecular flexibility index (Phi) is 6.37. The number of nitrogens with one attached hydrogen (secondary N) is 2. The molecule has 0 saturated heterocycles. The van der Waals surface area contributed by atoms with Crippen molar-refractivity contribution in [2.75, 3.05) is 45.1 Å². The van der Waals surface area contributed by atoms with Crippen molar-refractivity contribution in [1.29, 1.82) is 0 Å². The van der Waals surface area contributed by atoms with Gasteiger partial charge in [0.05, 0.1) is 27.0 Å². The topological polar surface area (TPSA) is 90.4 Å². The summed E-state index contributed by atoms with van der Waals surface area (Å²) in [6.07, 6.45) is 1.57. The maximum atomic E-state index is 5.29. The molecule has 0 atom stereocenters. The molecule has 2 rings (SSSR count). The second kappa shape index (κ2) is 8.74. The number of methoxy groups -OCH3 is 3. The van der Waals surface area contributed by atoms with Gasteiger partial charge in [0.25, 0.3) is 0 Å². The molecule has 1 aromatic heterocycles. The van der Waals surface area contributed by atoms with Crippen LogP contribution < -0.4 is 20.1 Å². The number of rotatable bonds is 9. The van der Waals surface area contributed by atoms with Crippen LogP contribution in [0.3, 0.4) is 0 Å². The van der Waals surface area contributed by atoms with Gasteiger partial charge in [0.1, 0.15) is 0 Å². The highest BCUT2D eigenvalue weighted by Gasteiger charge is 2.05. The van der Waals surface area contributed by atoms with Crippen molar-refractivity contribution >= 4 is 11.8 Å². The van der Waals surface area contributed by atoms with E-state index in [1.54, 1.807) is 27.5 Å². The van der Waals surface area contributed by atoms with Gasteiger partial charge in [-0.1, -0.05) is 6.07 Å². The summed E-state index contributed by atoms with van der Waals surface area (Å²) in [7, 11) is 4.86. The highest BCUT2D eigenvalue weighted by molar-refractivity contribution is 5.44. The van der Waals surface area contributed by atoms with Gasteiger partial charge in [0.15, 0.2) is 17.3 Å². The van der Waals surface area contributed by atoms with Crippen LogP contribution in [0.5, 0.6) is 11.5 Å². The first-order valence-corrected chi connectivity index (χ1v) is 7.14. The van der Waals surface area contributed by atoms with Crippen molar-refractivity contribution in [2.45, 2.75) is 6.54 Å². The summed E-state index contributed by atoms with van der Waals surface area (Å²) in [6, 6.07) is 5.74. The largest absolute Gasteiger partial charge is 0.493 e. The van der Waals surface area contributed by atoms with Crippen LogP contribution in [-0.2, 0) is 11.3 Å². The molecule has 124 valence electrons. The smallest absolute Gasteiger partial charge is 0.244 e. The van der Waals surface area contributed by atoms with Crippen molar-refractivity contribution in [3.05, 3.63) is 30.0 Å². The fourth-order valence-corrected chi connectivity index (χ4v) is 1.91. The van der Waals surface area contributed by atoms with Crippen LogP contribution >= 0.6 is 0 Å². The number of ether oxygens (including phenoxy) is 3.